The van der Waals surface area contributed by atoms with Gasteiger partial charge in [0.15, 0.2) is 0 Å². The fraction of sp³-hybridized carbons (Fsp3) is 0.705. The van der Waals surface area contributed by atoms with Crippen LogP contribution in [0.2, 0.25) is 0 Å². The molecule has 0 bridgehead atoms. The number of carbonyl (C=O) groups excluding carboxylic acids is 4. The number of ether oxygens (including phenoxy) is 2. The van der Waals surface area contributed by atoms with Gasteiger partial charge in [0.2, 0.25) is 23.6 Å². The van der Waals surface area contributed by atoms with Crippen molar-refractivity contribution in [3.63, 3.8) is 0 Å². The zero-order valence-corrected chi connectivity index (χ0v) is 38.0. The second-order valence-electron chi connectivity index (χ2n) is 16.7. The molecule has 0 radical (unpaired) electrons. The molecule has 58 heavy (non-hydrogen) atoms. The topological polar surface area (TPSA) is 145 Å². The number of carbonyl (C=O) groups is 4. The van der Waals surface area contributed by atoms with Gasteiger partial charge in [-0.25, -0.2) is 4.98 Å². The Kier molecular flexibility index (Phi) is 20.2. The van der Waals surface area contributed by atoms with Gasteiger partial charge in [0, 0.05) is 52.5 Å². The molecule has 1 saturated heterocycles. The van der Waals surface area contributed by atoms with Crippen molar-refractivity contribution < 1.29 is 28.7 Å². The molecule has 0 aliphatic carbocycles. The van der Waals surface area contributed by atoms with E-state index in [1.165, 1.54) is 11.3 Å². The first kappa shape index (κ1) is 48.9. The van der Waals surface area contributed by atoms with Crippen LogP contribution in [0.1, 0.15) is 90.8 Å². The van der Waals surface area contributed by atoms with E-state index >= 15 is 0 Å². The molecule has 0 spiro atoms. The van der Waals surface area contributed by atoms with Gasteiger partial charge in [-0.3, -0.25) is 24.1 Å². The van der Waals surface area contributed by atoms with Gasteiger partial charge in [-0.2, -0.15) is 0 Å². The summed E-state index contributed by atoms with van der Waals surface area (Å²) in [5.74, 6) is -1.39. The number of nitrogens with one attached hydrogen (secondary N) is 3. The first-order chi connectivity index (χ1) is 27.6. The SMILES string of the molecule is CCC(C)C(C(CC(=O)N1CCCC1C(OC)C(C)C(=O)NC(Cc1ccccc1)c1nccs1)OC)N(C)C(=O)C(NC(=O)C(C(C)C)N(C)CCNC)C(C)C. The Morgan fingerprint density at radius 3 is 2.21 bits per heavy atom. The van der Waals surface area contributed by atoms with Gasteiger partial charge in [0.1, 0.15) is 11.0 Å². The van der Waals surface area contributed by atoms with Gasteiger partial charge < -0.3 is 35.2 Å². The summed E-state index contributed by atoms with van der Waals surface area (Å²) in [6, 6.07) is 7.78. The maximum Gasteiger partial charge on any atom is 0.245 e. The molecule has 326 valence electrons. The summed E-state index contributed by atoms with van der Waals surface area (Å²) in [6.07, 6.45) is 3.46. The number of hydrogen-bond acceptors (Lipinski definition) is 10. The summed E-state index contributed by atoms with van der Waals surface area (Å²) in [7, 11) is 8.75. The number of amides is 4. The van der Waals surface area contributed by atoms with E-state index in [1.54, 1.807) is 32.4 Å². The highest BCUT2D eigenvalue weighted by Crippen LogP contribution is 2.30. The van der Waals surface area contributed by atoms with E-state index < -0.39 is 36.3 Å². The fourth-order valence-electron chi connectivity index (χ4n) is 8.48. The van der Waals surface area contributed by atoms with Crippen LogP contribution >= 0.6 is 11.3 Å². The summed E-state index contributed by atoms with van der Waals surface area (Å²) in [5.41, 5.74) is 1.09. The molecule has 1 fully saturated rings. The van der Waals surface area contributed by atoms with E-state index in [-0.39, 0.29) is 59.9 Å². The highest BCUT2D eigenvalue weighted by molar-refractivity contribution is 7.09. The highest BCUT2D eigenvalue weighted by Gasteiger charge is 2.43. The first-order valence-electron chi connectivity index (χ1n) is 21.1. The predicted molar refractivity (Wildman–Crippen MR) is 231 cm³/mol. The lowest BCUT2D eigenvalue weighted by molar-refractivity contribution is -0.148. The molecule has 3 rings (SSSR count). The van der Waals surface area contributed by atoms with Gasteiger partial charge >= 0.3 is 0 Å². The molecular weight excluding hydrogens is 755 g/mol. The summed E-state index contributed by atoms with van der Waals surface area (Å²) < 4.78 is 12.1. The molecule has 9 unspecified atom stereocenters. The molecule has 13 nitrogen and oxygen atoms in total. The van der Waals surface area contributed by atoms with Crippen LogP contribution in [-0.2, 0) is 35.1 Å². The molecule has 1 aromatic heterocycles. The number of likely N-dealkylation sites (N-methyl/N-ethyl adjacent to an activating group) is 3. The Balaban J connectivity index is 1.79. The van der Waals surface area contributed by atoms with E-state index in [4.69, 9.17) is 9.47 Å². The lowest BCUT2D eigenvalue weighted by Crippen LogP contribution is -2.60. The van der Waals surface area contributed by atoms with Crippen molar-refractivity contribution in [1.29, 1.82) is 0 Å². The number of nitrogens with zero attached hydrogens (tertiary/aromatic N) is 4. The van der Waals surface area contributed by atoms with Crippen LogP contribution in [0.5, 0.6) is 0 Å². The third-order valence-electron chi connectivity index (χ3n) is 11.9. The lowest BCUT2D eigenvalue weighted by atomic mass is 9.89. The lowest BCUT2D eigenvalue weighted by Gasteiger charge is -2.41. The Morgan fingerprint density at radius 2 is 1.66 bits per heavy atom. The standard InChI is InChI=1S/C44H73N7O6S/c1-13-30(6)39(50(10)44(55)37(28(2)3)48-42(54)38(29(4)5)49(9)24-21-45-8)35(56-11)27-36(52)51-23-17-20-34(51)40(57-12)31(7)41(53)47-33(43-46-22-25-58-43)26-32-18-15-14-16-19-32/h14-16,18-19,22,25,28-31,33-35,37-40,45H,13,17,20-21,23-24,26-27H2,1-12H3,(H,47,53)(H,48,54). The molecule has 9 atom stereocenters. The Hall–Kier alpha value is -3.43. The minimum atomic E-state index is -0.767. The molecule has 3 N–H and O–H groups in total. The Bertz CT molecular complexity index is 1550. The third-order valence-corrected chi connectivity index (χ3v) is 12.8. The quantitative estimate of drug-likeness (QED) is 0.136. The monoisotopic (exact) mass is 828 g/mol. The highest BCUT2D eigenvalue weighted by atomic mass is 32.1. The van der Waals surface area contributed by atoms with E-state index in [2.05, 4.69) is 34.8 Å². The van der Waals surface area contributed by atoms with Gasteiger partial charge in [0.25, 0.3) is 0 Å². The average molecular weight is 828 g/mol. The van der Waals surface area contributed by atoms with Gasteiger partial charge in [-0.05, 0) is 56.7 Å². The molecule has 1 aliphatic rings. The molecule has 2 aromatic rings. The van der Waals surface area contributed by atoms with Crippen LogP contribution in [-0.4, -0.2) is 135 Å². The summed E-state index contributed by atoms with van der Waals surface area (Å²) in [6.45, 7) is 15.8. The van der Waals surface area contributed by atoms with Crippen LogP contribution in [0.3, 0.4) is 0 Å². The molecule has 2 heterocycles. The molecule has 4 amide bonds. The summed E-state index contributed by atoms with van der Waals surface area (Å²) in [4.78, 5) is 66.6. The zero-order valence-electron chi connectivity index (χ0n) is 37.2. The number of thiazole rings is 1. The van der Waals surface area contributed by atoms with Crippen molar-refractivity contribution in [2.24, 2.45) is 23.7 Å². The smallest absolute Gasteiger partial charge is 0.245 e. The third kappa shape index (κ3) is 13.0. The Labute approximate surface area is 352 Å². The van der Waals surface area contributed by atoms with Gasteiger partial charge in [-0.15, -0.1) is 11.3 Å². The van der Waals surface area contributed by atoms with E-state index in [1.807, 2.05) is 94.2 Å². The van der Waals surface area contributed by atoms with E-state index in [0.29, 0.717) is 25.9 Å². The minimum absolute atomic E-state index is 0.0159. The molecule has 14 heteroatoms. The Morgan fingerprint density at radius 1 is 0.966 bits per heavy atom. The van der Waals surface area contributed by atoms with Gasteiger partial charge in [-0.1, -0.05) is 85.2 Å². The normalized spacial score (nSPS) is 18.7. The van der Waals surface area contributed by atoms with Crippen molar-refractivity contribution in [3.8, 4) is 0 Å². The van der Waals surface area contributed by atoms with Crippen molar-refractivity contribution in [2.45, 2.75) is 123 Å². The van der Waals surface area contributed by atoms with E-state index in [9.17, 15) is 19.2 Å². The maximum atomic E-state index is 14.4. The van der Waals surface area contributed by atoms with Crippen molar-refractivity contribution in [1.82, 2.24) is 35.6 Å². The van der Waals surface area contributed by atoms with Crippen LogP contribution in [0.25, 0.3) is 0 Å². The first-order valence-corrected chi connectivity index (χ1v) is 22.0. The van der Waals surface area contributed by atoms with Gasteiger partial charge in [0.05, 0.1) is 48.7 Å². The molecule has 1 aromatic carbocycles. The summed E-state index contributed by atoms with van der Waals surface area (Å²) in [5, 5.41) is 12.2. The van der Waals surface area contributed by atoms with Crippen LogP contribution in [0, 0.1) is 23.7 Å². The second-order valence-corrected chi connectivity index (χ2v) is 17.6. The van der Waals surface area contributed by atoms with Crippen molar-refractivity contribution >= 4 is 35.0 Å². The summed E-state index contributed by atoms with van der Waals surface area (Å²) >= 11 is 1.51. The van der Waals surface area contributed by atoms with Crippen LogP contribution in [0.15, 0.2) is 41.9 Å². The average Bonchev–Trinajstić information content (AvgIpc) is 3.92. The molecule has 1 aliphatic heterocycles. The number of likely N-dealkylation sites (tertiary alicyclic amines) is 1. The zero-order chi connectivity index (χ0) is 43.1. The molecule has 0 saturated carbocycles. The number of hydrogen-bond donors (Lipinski definition) is 3. The van der Waals surface area contributed by atoms with Crippen molar-refractivity contribution in [2.75, 3.05) is 55.0 Å². The largest absolute Gasteiger partial charge is 0.379 e. The fourth-order valence-corrected chi connectivity index (χ4v) is 9.17. The minimum Gasteiger partial charge on any atom is -0.379 e. The predicted octanol–water partition coefficient (Wildman–Crippen LogP) is 4.78. The number of methoxy groups -OCH3 is 2. The van der Waals surface area contributed by atoms with Crippen LogP contribution in [0.4, 0.5) is 0 Å². The number of aromatic nitrogens is 1. The number of benzene rings is 1. The maximum absolute atomic E-state index is 14.4. The van der Waals surface area contributed by atoms with Crippen molar-refractivity contribution in [3.05, 3.63) is 52.5 Å². The van der Waals surface area contributed by atoms with Crippen LogP contribution < -0.4 is 16.0 Å². The van der Waals surface area contributed by atoms with E-state index in [0.717, 1.165) is 30.0 Å². The molecular formula is C44H73N7O6S. The second kappa shape index (κ2) is 24.0. The number of rotatable bonds is 24.